The van der Waals surface area contributed by atoms with Gasteiger partial charge in [0.2, 0.25) is 0 Å². The van der Waals surface area contributed by atoms with Crippen LogP contribution in [0, 0.1) is 0 Å². The zero-order valence-corrected chi connectivity index (χ0v) is 14.8. The maximum Gasteiger partial charge on any atom is 0.561 e. The van der Waals surface area contributed by atoms with Crippen LogP contribution < -0.4 is 5.32 Å². The number of benzene rings is 1. The Kier molecular flexibility index (Phi) is 3.10. The second-order valence-electron chi connectivity index (χ2n) is 7.29. The van der Waals surface area contributed by atoms with E-state index in [1.54, 1.807) is 0 Å². The van der Waals surface area contributed by atoms with E-state index in [4.69, 9.17) is 4.65 Å². The first-order valence-electron chi connectivity index (χ1n) is 8.25. The van der Waals surface area contributed by atoms with Gasteiger partial charge in [0.05, 0.1) is 0 Å². The van der Waals surface area contributed by atoms with Gasteiger partial charge in [0.15, 0.2) is 5.71 Å². The minimum atomic E-state index is -0.903. The Morgan fingerprint density at radius 3 is 2.62 bits per heavy atom. The van der Waals surface area contributed by atoms with E-state index in [1.165, 1.54) is 11.1 Å². The number of allylic oxidation sites excluding steroid dienone is 5. The van der Waals surface area contributed by atoms with Crippen molar-refractivity contribution in [3.63, 3.8) is 0 Å². The molecular weight excluding hydrogens is 299 g/mol. The Labute approximate surface area is 143 Å². The number of rotatable bonds is 1. The van der Waals surface area contributed by atoms with Crippen LogP contribution in [-0.2, 0) is 10.1 Å². The van der Waals surface area contributed by atoms with E-state index in [9.17, 15) is 5.02 Å². The SMILES string of the molecule is CNc1ccc2c(c1)C(C)(C)C1=CC(=[N+](C)C)C=C3B(O)OC2=C31. The summed E-state index contributed by atoms with van der Waals surface area (Å²) in [5, 5.41) is 13.7. The molecule has 1 aromatic rings. The van der Waals surface area contributed by atoms with Crippen LogP contribution in [0.4, 0.5) is 5.69 Å². The topological polar surface area (TPSA) is 44.5 Å². The van der Waals surface area contributed by atoms with Gasteiger partial charge < -0.3 is 15.0 Å². The molecule has 0 amide bonds. The molecule has 1 aliphatic heterocycles. The van der Waals surface area contributed by atoms with Gasteiger partial charge >= 0.3 is 7.12 Å². The molecule has 24 heavy (non-hydrogen) atoms. The molecule has 0 saturated heterocycles. The average Bonchev–Trinajstić information content (AvgIpc) is 2.89. The Morgan fingerprint density at radius 2 is 1.96 bits per heavy atom. The van der Waals surface area contributed by atoms with Crippen LogP contribution in [0.2, 0.25) is 0 Å². The van der Waals surface area contributed by atoms with Crippen molar-refractivity contribution in [1.29, 1.82) is 0 Å². The normalized spacial score (nSPS) is 20.1. The summed E-state index contributed by atoms with van der Waals surface area (Å²) in [7, 11) is 5.06. The summed E-state index contributed by atoms with van der Waals surface area (Å²) >= 11 is 0. The van der Waals surface area contributed by atoms with Crippen molar-refractivity contribution in [2.75, 3.05) is 26.5 Å². The largest absolute Gasteiger partial charge is 0.561 e. The minimum Gasteiger partial charge on any atom is -0.531 e. The smallest absolute Gasteiger partial charge is 0.531 e. The third-order valence-corrected chi connectivity index (χ3v) is 5.29. The van der Waals surface area contributed by atoms with Crippen molar-refractivity contribution in [3.05, 3.63) is 58.1 Å². The van der Waals surface area contributed by atoms with Crippen LogP contribution in [0.5, 0.6) is 0 Å². The number of nitrogens with one attached hydrogen (secondary N) is 1. The lowest BCUT2D eigenvalue weighted by Crippen LogP contribution is -2.31. The van der Waals surface area contributed by atoms with Crippen LogP contribution >= 0.6 is 0 Å². The van der Waals surface area contributed by atoms with Crippen LogP contribution in [0.25, 0.3) is 5.76 Å². The first-order chi connectivity index (χ1) is 11.3. The molecule has 5 heteroatoms. The minimum absolute atomic E-state index is 0.171. The molecule has 4 rings (SSSR count). The highest BCUT2D eigenvalue weighted by atomic mass is 16.5. The summed E-state index contributed by atoms with van der Waals surface area (Å²) in [6.07, 6.45) is 4.24. The van der Waals surface area contributed by atoms with Gasteiger partial charge in [-0.1, -0.05) is 13.8 Å². The van der Waals surface area contributed by atoms with Gasteiger partial charge in [0.1, 0.15) is 19.9 Å². The number of nitrogens with zero attached hydrogens (tertiary/aromatic N) is 1. The lowest BCUT2D eigenvalue weighted by molar-refractivity contribution is -0.462. The van der Waals surface area contributed by atoms with Gasteiger partial charge in [-0.05, 0) is 29.3 Å². The monoisotopic (exact) mass is 321 g/mol. The standard InChI is InChI=1S/C19H21BN2O2/c1-19(2)14-8-11(21-3)6-7-13(14)18-17-15(19)9-12(22(4)5)10-16(17)20(23)24-18/h6-10,23H,1-5H3/p+1. The molecule has 1 heterocycles. The summed E-state index contributed by atoms with van der Waals surface area (Å²) < 4.78 is 7.94. The van der Waals surface area contributed by atoms with Gasteiger partial charge in [0, 0.05) is 46.9 Å². The highest BCUT2D eigenvalue weighted by Crippen LogP contribution is 2.53. The van der Waals surface area contributed by atoms with Crippen LogP contribution in [0.15, 0.2) is 47.0 Å². The number of anilines is 1. The second kappa shape index (κ2) is 4.87. The molecule has 1 aromatic carbocycles. The lowest BCUT2D eigenvalue weighted by atomic mass is 9.62. The van der Waals surface area contributed by atoms with Crippen molar-refractivity contribution in [2.24, 2.45) is 0 Å². The van der Waals surface area contributed by atoms with Crippen LogP contribution in [0.1, 0.15) is 25.0 Å². The fraction of sp³-hybridized carbons (Fsp3) is 0.316. The third-order valence-electron chi connectivity index (χ3n) is 5.29. The Hall–Kier alpha value is -2.27. The van der Waals surface area contributed by atoms with Gasteiger partial charge in [-0.3, -0.25) is 0 Å². The van der Waals surface area contributed by atoms with Crippen LogP contribution in [-0.4, -0.2) is 43.6 Å². The summed E-state index contributed by atoms with van der Waals surface area (Å²) in [4.78, 5) is 0. The summed E-state index contributed by atoms with van der Waals surface area (Å²) in [5.74, 6) is 0.801. The van der Waals surface area contributed by atoms with Gasteiger partial charge in [-0.2, -0.15) is 0 Å². The molecule has 3 aliphatic rings. The van der Waals surface area contributed by atoms with Crippen molar-refractivity contribution >= 4 is 24.3 Å². The number of hydrogen-bond donors (Lipinski definition) is 2. The second-order valence-corrected chi connectivity index (χ2v) is 7.29. The molecule has 0 fully saturated rings. The van der Waals surface area contributed by atoms with Crippen molar-refractivity contribution in [1.82, 2.24) is 0 Å². The molecule has 0 bridgehead atoms. The van der Waals surface area contributed by atoms with Crippen molar-refractivity contribution in [2.45, 2.75) is 19.3 Å². The molecule has 122 valence electrons. The Bertz CT molecular complexity index is 887. The third kappa shape index (κ3) is 1.88. The average molecular weight is 321 g/mol. The van der Waals surface area contributed by atoms with Crippen molar-refractivity contribution < 1.29 is 14.3 Å². The molecule has 0 saturated carbocycles. The Morgan fingerprint density at radius 1 is 1.21 bits per heavy atom. The highest BCUT2D eigenvalue weighted by Gasteiger charge is 2.48. The summed E-state index contributed by atoms with van der Waals surface area (Å²) in [6.45, 7) is 4.48. The molecule has 0 radical (unpaired) electrons. The van der Waals surface area contributed by atoms with E-state index < -0.39 is 7.12 Å². The highest BCUT2D eigenvalue weighted by molar-refractivity contribution is 6.58. The Balaban J connectivity index is 2.06. The van der Waals surface area contributed by atoms with Gasteiger partial charge in [-0.15, -0.1) is 0 Å². The van der Waals surface area contributed by atoms with E-state index in [-0.39, 0.29) is 5.41 Å². The molecule has 2 N–H and O–H groups in total. The molecule has 0 spiro atoms. The maximum atomic E-state index is 10.5. The fourth-order valence-corrected chi connectivity index (χ4v) is 3.84. The zero-order chi connectivity index (χ0) is 17.2. The molecule has 0 unspecified atom stereocenters. The predicted octanol–water partition coefficient (Wildman–Crippen LogP) is 2.36. The summed E-state index contributed by atoms with van der Waals surface area (Å²) in [5.41, 5.74) is 7.40. The van der Waals surface area contributed by atoms with E-state index in [0.717, 1.165) is 33.8 Å². The molecule has 0 atom stereocenters. The predicted molar refractivity (Wildman–Crippen MR) is 98.3 cm³/mol. The lowest BCUT2D eigenvalue weighted by Gasteiger charge is -2.37. The van der Waals surface area contributed by atoms with E-state index in [0.29, 0.717) is 0 Å². The van der Waals surface area contributed by atoms with E-state index in [1.807, 2.05) is 27.2 Å². The zero-order valence-electron chi connectivity index (χ0n) is 14.8. The van der Waals surface area contributed by atoms with Gasteiger partial charge in [-0.25, -0.2) is 4.58 Å². The van der Waals surface area contributed by atoms with Gasteiger partial charge in [0.25, 0.3) is 0 Å². The quantitative estimate of drug-likeness (QED) is 0.616. The van der Waals surface area contributed by atoms with E-state index >= 15 is 0 Å². The first kappa shape index (κ1) is 15.3. The van der Waals surface area contributed by atoms with Crippen molar-refractivity contribution in [3.8, 4) is 0 Å². The molecule has 4 nitrogen and oxygen atoms in total. The number of hydrogen-bond acceptors (Lipinski definition) is 3. The van der Waals surface area contributed by atoms with E-state index in [2.05, 4.69) is 48.0 Å². The maximum absolute atomic E-state index is 10.5. The van der Waals surface area contributed by atoms with Crippen LogP contribution in [0.3, 0.4) is 0 Å². The first-order valence-corrected chi connectivity index (χ1v) is 8.25. The molecular formula is C19H22BN2O2+. The summed E-state index contributed by atoms with van der Waals surface area (Å²) in [6, 6.07) is 6.32. The number of fused-ring (bicyclic) bond motifs is 2. The molecule has 2 aliphatic carbocycles. The molecule has 0 aromatic heterocycles. The fourth-order valence-electron chi connectivity index (χ4n) is 3.84.